The average molecular weight is 440 g/mol. The molecule has 0 atom stereocenters. The lowest BCUT2D eigenvalue weighted by atomic mass is 10.1. The van der Waals surface area contributed by atoms with Crippen LogP contribution in [0, 0.1) is 17.0 Å². The van der Waals surface area contributed by atoms with Gasteiger partial charge in [-0.15, -0.1) is 0 Å². The molecular weight excluding hydrogens is 422 g/mol. The first-order valence-corrected chi connectivity index (χ1v) is 10.3. The van der Waals surface area contributed by atoms with E-state index >= 15 is 0 Å². The summed E-state index contributed by atoms with van der Waals surface area (Å²) in [4.78, 5) is 12.8. The predicted octanol–water partition coefficient (Wildman–Crippen LogP) is 3.18. The lowest BCUT2D eigenvalue weighted by Gasteiger charge is -2.36. The second-order valence-corrected chi connectivity index (χ2v) is 8.93. The topological polar surface area (TPSA) is 83.8 Å². The first kappa shape index (κ1) is 18.8. The molecule has 0 unspecified atom stereocenters. The van der Waals surface area contributed by atoms with Crippen molar-refractivity contribution < 1.29 is 13.3 Å². The zero-order valence-corrected chi connectivity index (χ0v) is 16.5. The Morgan fingerprint density at radius 2 is 1.65 bits per heavy atom. The summed E-state index contributed by atoms with van der Waals surface area (Å²) in [6.45, 7) is 3.64. The molecule has 1 aliphatic rings. The van der Waals surface area contributed by atoms with Gasteiger partial charge >= 0.3 is 0 Å². The molecule has 2 aromatic rings. The van der Waals surface area contributed by atoms with Crippen molar-refractivity contribution in [3.8, 4) is 0 Å². The normalized spacial score (nSPS) is 15.8. The van der Waals surface area contributed by atoms with Gasteiger partial charge in [-0.25, -0.2) is 8.42 Å². The van der Waals surface area contributed by atoms with Gasteiger partial charge in [0.1, 0.15) is 0 Å². The molecular formula is C17H18BrN3O4S. The maximum Gasteiger partial charge on any atom is 0.269 e. The molecule has 0 spiro atoms. The number of piperazine rings is 1. The number of sulfonamides is 1. The number of halogens is 1. The molecule has 0 aliphatic carbocycles. The van der Waals surface area contributed by atoms with E-state index in [2.05, 4.69) is 20.8 Å². The summed E-state index contributed by atoms with van der Waals surface area (Å²) in [5.41, 5.74) is 1.77. The Morgan fingerprint density at radius 3 is 2.19 bits per heavy atom. The first-order chi connectivity index (χ1) is 12.3. The van der Waals surface area contributed by atoms with Crippen LogP contribution in [-0.4, -0.2) is 43.8 Å². The summed E-state index contributed by atoms with van der Waals surface area (Å²) in [6.07, 6.45) is 0. The highest BCUT2D eigenvalue weighted by molar-refractivity contribution is 9.10. The summed E-state index contributed by atoms with van der Waals surface area (Å²) < 4.78 is 27.8. The standard InChI is InChI=1S/C17H18BrN3O4S/c1-13-12-15(21(22)23)4-7-17(13)19-8-10-20(11-9-19)26(24,25)16-5-2-14(18)3-6-16/h2-7,12H,8-11H2,1H3. The Morgan fingerprint density at radius 1 is 1.04 bits per heavy atom. The van der Waals surface area contributed by atoms with Crippen molar-refractivity contribution in [3.63, 3.8) is 0 Å². The number of benzene rings is 2. The highest BCUT2D eigenvalue weighted by Gasteiger charge is 2.29. The SMILES string of the molecule is Cc1cc([N+](=O)[O-])ccc1N1CCN(S(=O)(=O)c2ccc(Br)cc2)CC1. The molecule has 0 aromatic heterocycles. The van der Waals surface area contributed by atoms with E-state index in [1.54, 1.807) is 36.4 Å². The minimum Gasteiger partial charge on any atom is -0.369 e. The van der Waals surface area contributed by atoms with E-state index in [0.717, 1.165) is 15.7 Å². The average Bonchev–Trinajstić information content (AvgIpc) is 2.62. The Kier molecular flexibility index (Phi) is 5.31. The van der Waals surface area contributed by atoms with Gasteiger partial charge in [-0.1, -0.05) is 15.9 Å². The van der Waals surface area contributed by atoms with Crippen molar-refractivity contribution >= 4 is 37.3 Å². The zero-order chi connectivity index (χ0) is 18.9. The fourth-order valence-corrected chi connectivity index (χ4v) is 4.72. The van der Waals surface area contributed by atoms with Gasteiger partial charge in [-0.2, -0.15) is 4.31 Å². The van der Waals surface area contributed by atoms with Gasteiger partial charge in [0.05, 0.1) is 9.82 Å². The Balaban J connectivity index is 1.73. The molecule has 1 aliphatic heterocycles. The number of hydrogen-bond acceptors (Lipinski definition) is 5. The monoisotopic (exact) mass is 439 g/mol. The minimum absolute atomic E-state index is 0.0581. The van der Waals surface area contributed by atoms with E-state index < -0.39 is 14.9 Å². The van der Waals surface area contributed by atoms with Crippen LogP contribution in [0.1, 0.15) is 5.56 Å². The Hall–Kier alpha value is -1.97. The van der Waals surface area contributed by atoms with E-state index in [1.807, 2.05) is 6.92 Å². The van der Waals surface area contributed by atoms with Gasteiger partial charge in [0.25, 0.3) is 5.69 Å². The summed E-state index contributed by atoms with van der Waals surface area (Å²) >= 11 is 3.31. The third kappa shape index (κ3) is 3.74. The summed E-state index contributed by atoms with van der Waals surface area (Å²) in [6, 6.07) is 11.4. The van der Waals surface area contributed by atoms with Gasteiger partial charge in [0, 0.05) is 48.5 Å². The first-order valence-electron chi connectivity index (χ1n) is 8.05. The lowest BCUT2D eigenvalue weighted by Crippen LogP contribution is -2.48. The fraction of sp³-hybridized carbons (Fsp3) is 0.294. The number of nitro groups is 1. The molecule has 0 bridgehead atoms. The molecule has 0 amide bonds. The van der Waals surface area contributed by atoms with Crippen LogP contribution in [0.5, 0.6) is 0 Å². The van der Waals surface area contributed by atoms with Crippen LogP contribution in [-0.2, 0) is 10.0 Å². The molecule has 0 radical (unpaired) electrons. The van der Waals surface area contributed by atoms with Crippen molar-refractivity contribution in [2.24, 2.45) is 0 Å². The fourth-order valence-electron chi connectivity index (χ4n) is 3.03. The number of hydrogen-bond donors (Lipinski definition) is 0. The largest absolute Gasteiger partial charge is 0.369 e. The molecule has 9 heteroatoms. The maximum absolute atomic E-state index is 12.7. The van der Waals surface area contributed by atoms with Gasteiger partial charge in [-0.3, -0.25) is 10.1 Å². The molecule has 3 rings (SSSR count). The van der Waals surface area contributed by atoms with Crippen LogP contribution in [0.25, 0.3) is 0 Å². The molecule has 26 heavy (non-hydrogen) atoms. The highest BCUT2D eigenvalue weighted by atomic mass is 79.9. The number of anilines is 1. The Labute approximate surface area is 160 Å². The summed E-state index contributed by atoms with van der Waals surface area (Å²) in [5, 5.41) is 10.9. The molecule has 1 heterocycles. The quantitative estimate of drug-likeness (QED) is 0.539. The van der Waals surface area contributed by atoms with Crippen molar-refractivity contribution in [2.45, 2.75) is 11.8 Å². The van der Waals surface area contributed by atoms with Gasteiger partial charge < -0.3 is 4.90 Å². The molecule has 0 N–H and O–H groups in total. The van der Waals surface area contributed by atoms with Gasteiger partial charge in [0.15, 0.2) is 0 Å². The number of rotatable bonds is 4. The highest BCUT2D eigenvalue weighted by Crippen LogP contribution is 2.27. The molecule has 1 saturated heterocycles. The van der Waals surface area contributed by atoms with E-state index in [4.69, 9.17) is 0 Å². The molecule has 7 nitrogen and oxygen atoms in total. The summed E-state index contributed by atoms with van der Waals surface area (Å²) in [7, 11) is -3.52. The molecule has 138 valence electrons. The van der Waals surface area contributed by atoms with Gasteiger partial charge in [-0.05, 0) is 42.8 Å². The van der Waals surface area contributed by atoms with Crippen molar-refractivity contribution in [1.82, 2.24) is 4.31 Å². The van der Waals surface area contributed by atoms with E-state index in [9.17, 15) is 18.5 Å². The van der Waals surface area contributed by atoms with E-state index in [-0.39, 0.29) is 10.6 Å². The number of aryl methyl sites for hydroxylation is 1. The van der Waals surface area contributed by atoms with Crippen molar-refractivity contribution in [3.05, 3.63) is 62.6 Å². The van der Waals surface area contributed by atoms with Crippen LogP contribution in [0.3, 0.4) is 0 Å². The molecule has 1 fully saturated rings. The maximum atomic E-state index is 12.7. The minimum atomic E-state index is -3.52. The number of nitrogens with zero attached hydrogens (tertiary/aromatic N) is 3. The smallest absolute Gasteiger partial charge is 0.269 e. The molecule has 0 saturated carbocycles. The zero-order valence-electron chi connectivity index (χ0n) is 14.1. The third-order valence-electron chi connectivity index (χ3n) is 4.42. The van der Waals surface area contributed by atoms with E-state index in [0.29, 0.717) is 26.2 Å². The summed E-state index contributed by atoms with van der Waals surface area (Å²) in [5.74, 6) is 0. The van der Waals surface area contributed by atoms with Crippen LogP contribution >= 0.6 is 15.9 Å². The van der Waals surface area contributed by atoms with Crippen LogP contribution in [0.15, 0.2) is 51.8 Å². The second-order valence-electron chi connectivity index (χ2n) is 6.07. The van der Waals surface area contributed by atoms with E-state index in [1.165, 1.54) is 10.4 Å². The van der Waals surface area contributed by atoms with Crippen LogP contribution < -0.4 is 4.90 Å². The van der Waals surface area contributed by atoms with Gasteiger partial charge in [0.2, 0.25) is 10.0 Å². The van der Waals surface area contributed by atoms with Crippen molar-refractivity contribution in [2.75, 3.05) is 31.1 Å². The Bertz CT molecular complexity index is 924. The lowest BCUT2D eigenvalue weighted by molar-refractivity contribution is -0.384. The number of non-ortho nitro benzene ring substituents is 1. The molecule has 2 aromatic carbocycles. The predicted molar refractivity (Wildman–Crippen MR) is 103 cm³/mol. The number of nitro benzene ring substituents is 1. The van der Waals surface area contributed by atoms with Crippen LogP contribution in [0.4, 0.5) is 11.4 Å². The van der Waals surface area contributed by atoms with Crippen LogP contribution in [0.2, 0.25) is 0 Å². The second kappa shape index (κ2) is 7.34. The van der Waals surface area contributed by atoms with Crippen molar-refractivity contribution in [1.29, 1.82) is 0 Å². The third-order valence-corrected chi connectivity index (χ3v) is 6.86.